The molecule has 42 heavy (non-hydrogen) atoms. The third-order valence-corrected chi connectivity index (χ3v) is 4.92. The minimum absolute atomic E-state index is 0. The van der Waals surface area contributed by atoms with Crippen LogP contribution in [0.15, 0.2) is 84.3 Å². The third-order valence-electron chi connectivity index (χ3n) is 4.92. The molecule has 10 heteroatoms. The van der Waals surface area contributed by atoms with Gasteiger partial charge in [0, 0.05) is 13.8 Å². The number of benzene rings is 2. The van der Waals surface area contributed by atoms with Gasteiger partial charge in [-0.05, 0) is 12.2 Å². The molecule has 0 aliphatic rings. The monoisotopic (exact) mass is 604 g/mol. The van der Waals surface area contributed by atoms with Crippen molar-refractivity contribution in [1.82, 2.24) is 0 Å². The Hall–Kier alpha value is -1.77. The molecule has 0 atom stereocenters. The van der Waals surface area contributed by atoms with Gasteiger partial charge in [-0.2, -0.15) is 0 Å². The fraction of sp³-hybridized carbons (Fsp3) is 0.438. The Morgan fingerprint density at radius 3 is 1.07 bits per heavy atom. The fourth-order valence-electron chi connectivity index (χ4n) is 2.88. The largest absolute Gasteiger partial charge is 2.00 e. The number of nitrogens with one attached hydrogen (secondary N) is 4. The summed E-state index contributed by atoms with van der Waals surface area (Å²) in [5.41, 5.74) is 3.60. The molecule has 224 valence electrons. The number of rotatable bonds is 10. The van der Waals surface area contributed by atoms with Gasteiger partial charge in [0.1, 0.15) is 13.1 Å². The van der Waals surface area contributed by atoms with Gasteiger partial charge >= 0.3 is 46.1 Å². The number of allylic oxidation sites excluding steroid dienone is 4. The molecule has 0 aliphatic carbocycles. The molecule has 0 fully saturated rings. The summed E-state index contributed by atoms with van der Waals surface area (Å²) >= 11 is 0. The molecule has 2 aromatic rings. The van der Waals surface area contributed by atoms with Crippen LogP contribution in [0, 0.1) is 0 Å². The van der Waals surface area contributed by atoms with E-state index in [-0.39, 0.29) is 70.8 Å². The van der Waals surface area contributed by atoms with Gasteiger partial charge in [-0.25, -0.2) is 9.98 Å². The molecule has 2 aromatic carbocycles. The normalized spacial score (nSPS) is 11.5. The van der Waals surface area contributed by atoms with Crippen LogP contribution in [0.5, 0.6) is 0 Å². The maximum Gasteiger partial charge on any atom is 2.00 e. The van der Waals surface area contributed by atoms with E-state index in [4.69, 9.17) is 0 Å². The zero-order chi connectivity index (χ0) is 30.8. The molecule has 0 radical (unpaired) electrons. The van der Waals surface area contributed by atoms with Crippen molar-refractivity contribution in [3.05, 3.63) is 95.5 Å². The van der Waals surface area contributed by atoms with E-state index < -0.39 is 0 Å². The second kappa shape index (κ2) is 32.2. The minimum atomic E-state index is -0.110. The summed E-state index contributed by atoms with van der Waals surface area (Å²) in [5, 5.41) is 41.5. The topological polar surface area (TPSA) is 129 Å². The van der Waals surface area contributed by atoms with E-state index in [0.717, 1.165) is 48.7 Å². The molecule has 4 N–H and O–H groups in total. The average molecular weight is 605 g/mol. The Bertz CT molecular complexity index is 909. The van der Waals surface area contributed by atoms with Gasteiger partial charge < -0.3 is 30.2 Å². The van der Waals surface area contributed by atoms with Gasteiger partial charge in [-0.1, -0.05) is 85.6 Å². The first-order valence-corrected chi connectivity index (χ1v) is 13.6. The van der Waals surface area contributed by atoms with Crippen molar-refractivity contribution in [3.8, 4) is 0 Å². The smallest absolute Gasteiger partial charge is 0.875 e. The Labute approximate surface area is 286 Å². The summed E-state index contributed by atoms with van der Waals surface area (Å²) in [4.78, 5) is 9.13. The van der Waals surface area contributed by atoms with Crippen LogP contribution in [-0.2, 0) is 13.2 Å². The number of hydrogen-bond donors (Lipinski definition) is 4. The van der Waals surface area contributed by atoms with Gasteiger partial charge in [0.2, 0.25) is 0 Å². The van der Waals surface area contributed by atoms with Crippen molar-refractivity contribution in [2.45, 2.75) is 40.9 Å². The van der Waals surface area contributed by atoms with Crippen LogP contribution in [0.3, 0.4) is 0 Å². The van der Waals surface area contributed by atoms with Crippen LogP contribution in [0.25, 0.3) is 0 Å². The summed E-state index contributed by atoms with van der Waals surface area (Å²) in [5.74, 6) is 0.189. The first-order valence-electron chi connectivity index (χ1n) is 13.6. The van der Waals surface area contributed by atoms with Crippen LogP contribution in [0.2, 0.25) is 0 Å². The Morgan fingerprint density at radius 2 is 0.881 bits per heavy atom. The molecule has 0 aliphatic heterocycles. The molecule has 2 rings (SSSR count). The van der Waals surface area contributed by atoms with E-state index in [9.17, 15) is 20.4 Å². The van der Waals surface area contributed by atoms with Crippen LogP contribution in [0.4, 0.5) is 0 Å². The summed E-state index contributed by atoms with van der Waals surface area (Å²) in [6.45, 7) is 10.7. The Balaban J connectivity index is -0.000000229. The summed E-state index contributed by atoms with van der Waals surface area (Å²) < 4.78 is 0. The first kappa shape index (κ1) is 47.2. The van der Waals surface area contributed by atoms with Crippen molar-refractivity contribution in [2.24, 2.45) is 0 Å². The average Bonchev–Trinajstić information content (AvgIpc) is 2.89. The third kappa shape index (κ3) is 36.3. The van der Waals surface area contributed by atoms with Crippen molar-refractivity contribution >= 4 is 57.5 Å². The summed E-state index contributed by atoms with van der Waals surface area (Å²) in [6.07, 6.45) is 3.23. The molecule has 0 spiro atoms. The molecule has 0 saturated carbocycles. The van der Waals surface area contributed by atoms with Crippen molar-refractivity contribution in [1.29, 1.82) is 0 Å². The van der Waals surface area contributed by atoms with Gasteiger partial charge in [0.05, 0.1) is 28.2 Å². The van der Waals surface area contributed by atoms with Crippen LogP contribution < -0.4 is 40.2 Å². The number of hydrogen-bond acceptors (Lipinski definition) is 4. The summed E-state index contributed by atoms with van der Waals surface area (Å²) in [6, 6.07) is 18.6. The molecule has 0 saturated heterocycles. The van der Waals surface area contributed by atoms with Gasteiger partial charge in [-0.3, -0.25) is 0 Å². The van der Waals surface area contributed by atoms with E-state index in [1.165, 1.54) is 9.80 Å². The number of likely N-dealkylation sites (N-methyl/N-ethyl adjacent to an activating group) is 2. The van der Waals surface area contributed by atoms with E-state index in [2.05, 4.69) is 38.2 Å². The second-order valence-corrected chi connectivity index (χ2v) is 9.90. The maximum atomic E-state index is 10.6. The second-order valence-electron chi connectivity index (χ2n) is 9.90. The predicted octanol–water partition coefficient (Wildman–Crippen LogP) is -5.79. The van der Waals surface area contributed by atoms with Crippen molar-refractivity contribution < 1.29 is 40.2 Å². The molecule has 8 nitrogen and oxygen atoms in total. The summed E-state index contributed by atoms with van der Waals surface area (Å²) in [7, 11) is 8.41. The SMILES string of the molecule is CC(/C=C(/C)[O-])=[NH+]CC[NH+](C)C.CC(/C=C(/C)[O-])=[NH+]CC[NH+](C)C.[Mg+2].[Mg+2].[O-]Cc1ccccc1.[O-]Cc1ccccc1. The molecule has 0 bridgehead atoms. The zero-order valence-corrected chi connectivity index (χ0v) is 30.0. The molecule has 0 unspecified atom stereocenters. The molecule has 0 aromatic heterocycles. The van der Waals surface area contributed by atoms with Crippen molar-refractivity contribution in [3.63, 3.8) is 0 Å². The first-order chi connectivity index (χ1) is 18.9. The molecule has 0 heterocycles. The Morgan fingerprint density at radius 1 is 0.595 bits per heavy atom. The predicted molar refractivity (Wildman–Crippen MR) is 168 cm³/mol. The fourth-order valence-corrected chi connectivity index (χ4v) is 2.88. The van der Waals surface area contributed by atoms with Crippen LogP contribution in [-0.4, -0.2) is 112 Å². The quantitative estimate of drug-likeness (QED) is 0.122. The maximum absolute atomic E-state index is 10.6. The van der Waals surface area contributed by atoms with E-state index in [1.54, 1.807) is 26.0 Å². The molecular formula is C32H52Mg2N4O4+4. The van der Waals surface area contributed by atoms with Gasteiger partial charge in [-0.15, -0.1) is 24.7 Å². The zero-order valence-electron chi connectivity index (χ0n) is 27.2. The molecule has 0 amide bonds. The minimum Gasteiger partial charge on any atom is -0.875 e. The molecular weight excluding hydrogens is 553 g/mol. The van der Waals surface area contributed by atoms with E-state index in [0.29, 0.717) is 0 Å². The van der Waals surface area contributed by atoms with Gasteiger partial charge in [0.15, 0.2) is 24.5 Å². The van der Waals surface area contributed by atoms with Crippen LogP contribution in [0.1, 0.15) is 38.8 Å². The van der Waals surface area contributed by atoms with Crippen LogP contribution >= 0.6 is 0 Å². The number of quaternary nitrogens is 2. The Kier molecular flexibility index (Phi) is 36.1. The van der Waals surface area contributed by atoms with Gasteiger partial charge in [0.25, 0.3) is 0 Å². The standard InChI is InChI=1S/2C9H18N2O.2C7H7O.2Mg/c2*1-8(7-9(2)12)10-5-6-11(3)4;2*8-6-7-4-2-1-3-5-7;;/h2*7,12H,5-6H2,1-4H3;2*1-5H,6H2;;/q;;2*-1;2*+2/p+2/b2*9-7-,10-8?;;;;. The van der Waals surface area contributed by atoms with E-state index >= 15 is 0 Å². The van der Waals surface area contributed by atoms with Crippen molar-refractivity contribution in [2.75, 3.05) is 54.4 Å². The van der Waals surface area contributed by atoms with E-state index in [1.807, 2.05) is 74.5 Å².